The van der Waals surface area contributed by atoms with E-state index in [1.807, 2.05) is 24.3 Å². The van der Waals surface area contributed by atoms with Crippen molar-refractivity contribution < 1.29 is 9.59 Å². The zero-order valence-corrected chi connectivity index (χ0v) is 15.4. The lowest BCUT2D eigenvalue weighted by molar-refractivity contribution is -0.123. The summed E-state index contributed by atoms with van der Waals surface area (Å²) in [4.78, 5) is 24.3. The summed E-state index contributed by atoms with van der Waals surface area (Å²) in [7, 11) is 0. The Bertz CT molecular complexity index is 784. The molecule has 1 heterocycles. The number of amides is 2. The van der Waals surface area contributed by atoms with Gasteiger partial charge in [0.05, 0.1) is 10.6 Å². The molecule has 0 bridgehead atoms. The molecule has 2 unspecified atom stereocenters. The number of hydrogen-bond donors (Lipinski definition) is 4. The second-order valence-electron chi connectivity index (χ2n) is 5.60. The van der Waals surface area contributed by atoms with Gasteiger partial charge in [-0.3, -0.25) is 20.4 Å². The third kappa shape index (κ3) is 4.38. The molecule has 2 atom stereocenters. The zero-order chi connectivity index (χ0) is 17.8. The van der Waals surface area contributed by atoms with E-state index < -0.39 is 11.9 Å². The van der Waals surface area contributed by atoms with Crippen LogP contribution in [0.15, 0.2) is 53.0 Å². The van der Waals surface area contributed by atoms with Gasteiger partial charge in [-0.05, 0) is 36.2 Å². The van der Waals surface area contributed by atoms with Gasteiger partial charge in [0.1, 0.15) is 6.04 Å². The summed E-state index contributed by atoms with van der Waals surface area (Å²) >= 11 is 9.36. The predicted octanol–water partition coefficient (Wildman–Crippen LogP) is 2.47. The molecule has 0 saturated carbocycles. The van der Waals surface area contributed by atoms with Gasteiger partial charge in [0, 0.05) is 10.5 Å². The fourth-order valence-electron chi connectivity index (χ4n) is 2.56. The number of nitrogens with one attached hydrogen (secondary N) is 4. The summed E-state index contributed by atoms with van der Waals surface area (Å²) in [6.45, 7) is 0. The smallest absolute Gasteiger partial charge is 0.271 e. The van der Waals surface area contributed by atoms with Crippen LogP contribution < -0.4 is 21.7 Å². The van der Waals surface area contributed by atoms with Crippen molar-refractivity contribution in [2.75, 3.05) is 0 Å². The maximum absolute atomic E-state index is 12.2. The van der Waals surface area contributed by atoms with Gasteiger partial charge in [0.15, 0.2) is 0 Å². The average Bonchev–Trinajstić information content (AvgIpc) is 3.10. The number of hydrazine groups is 2. The van der Waals surface area contributed by atoms with E-state index in [1.54, 1.807) is 24.3 Å². The molecule has 1 fully saturated rings. The minimum absolute atomic E-state index is 0.0168. The molecule has 0 aromatic heterocycles. The van der Waals surface area contributed by atoms with Gasteiger partial charge in [-0.15, -0.1) is 0 Å². The molecule has 1 aliphatic heterocycles. The number of benzene rings is 2. The standard InChI is InChI=1S/C17H16BrClN4O2/c18-11-7-5-10(6-8-11)14-9-15(21-20-14)17(25)23-22-16(24)12-3-1-2-4-13(12)19/h1-8,14-15,20-21H,9H2,(H,22,24)(H,23,25). The molecule has 2 aromatic carbocycles. The summed E-state index contributed by atoms with van der Waals surface area (Å²) in [5, 5.41) is 0.324. The van der Waals surface area contributed by atoms with Gasteiger partial charge >= 0.3 is 0 Å². The lowest BCUT2D eigenvalue weighted by Crippen LogP contribution is -2.50. The quantitative estimate of drug-likeness (QED) is 0.572. The van der Waals surface area contributed by atoms with Crippen LogP contribution in [0.4, 0.5) is 0 Å². The Morgan fingerprint density at radius 2 is 1.76 bits per heavy atom. The number of rotatable bonds is 3. The highest BCUT2D eigenvalue weighted by atomic mass is 79.9. The van der Waals surface area contributed by atoms with Crippen molar-refractivity contribution in [3.05, 3.63) is 69.2 Å². The fraction of sp³-hybridized carbons (Fsp3) is 0.176. The van der Waals surface area contributed by atoms with E-state index in [2.05, 4.69) is 37.6 Å². The van der Waals surface area contributed by atoms with E-state index in [9.17, 15) is 9.59 Å². The number of halogens is 2. The largest absolute Gasteiger partial charge is 0.271 e. The molecule has 2 amide bonds. The first-order valence-electron chi connectivity index (χ1n) is 7.66. The second-order valence-corrected chi connectivity index (χ2v) is 6.93. The van der Waals surface area contributed by atoms with Gasteiger partial charge in [-0.1, -0.05) is 51.8 Å². The van der Waals surface area contributed by atoms with E-state index in [1.165, 1.54) is 0 Å². The molecule has 130 valence electrons. The zero-order valence-electron chi connectivity index (χ0n) is 13.1. The van der Waals surface area contributed by atoms with Crippen LogP contribution in [0.5, 0.6) is 0 Å². The van der Waals surface area contributed by atoms with Gasteiger partial charge in [0.2, 0.25) is 0 Å². The van der Waals surface area contributed by atoms with Gasteiger partial charge in [-0.25, -0.2) is 10.9 Å². The van der Waals surface area contributed by atoms with Crippen LogP contribution >= 0.6 is 27.5 Å². The van der Waals surface area contributed by atoms with Crippen LogP contribution in [0.1, 0.15) is 28.4 Å². The molecular formula is C17H16BrClN4O2. The Kier molecular flexibility index (Phi) is 5.70. The normalized spacial score (nSPS) is 19.4. The van der Waals surface area contributed by atoms with Crippen molar-refractivity contribution in [2.45, 2.75) is 18.5 Å². The summed E-state index contributed by atoms with van der Waals surface area (Å²) < 4.78 is 0.999. The van der Waals surface area contributed by atoms with Crippen LogP contribution in [0.3, 0.4) is 0 Å². The van der Waals surface area contributed by atoms with Crippen LogP contribution in [-0.4, -0.2) is 17.9 Å². The van der Waals surface area contributed by atoms with Crippen LogP contribution in [-0.2, 0) is 4.79 Å². The van der Waals surface area contributed by atoms with Crippen LogP contribution in [0, 0.1) is 0 Å². The second kappa shape index (κ2) is 7.97. The lowest BCUT2D eigenvalue weighted by atomic mass is 10.0. The highest BCUT2D eigenvalue weighted by Crippen LogP contribution is 2.23. The number of carbonyl (C=O) groups excluding carboxylic acids is 2. The molecule has 1 aliphatic rings. The topological polar surface area (TPSA) is 82.3 Å². The Morgan fingerprint density at radius 3 is 2.48 bits per heavy atom. The Morgan fingerprint density at radius 1 is 1.04 bits per heavy atom. The monoisotopic (exact) mass is 422 g/mol. The first-order chi connectivity index (χ1) is 12.0. The molecule has 3 rings (SSSR count). The van der Waals surface area contributed by atoms with Gasteiger partial charge in [-0.2, -0.15) is 0 Å². The maximum atomic E-state index is 12.2. The SMILES string of the molecule is O=C(NNC(=O)C1CC(c2ccc(Br)cc2)NN1)c1ccccc1Cl. The highest BCUT2D eigenvalue weighted by molar-refractivity contribution is 9.10. The summed E-state index contributed by atoms with van der Waals surface area (Å²) in [5.41, 5.74) is 12.2. The molecule has 0 radical (unpaired) electrons. The Balaban J connectivity index is 1.53. The molecule has 0 aliphatic carbocycles. The minimum Gasteiger partial charge on any atom is -0.271 e. The minimum atomic E-state index is -0.464. The fourth-order valence-corrected chi connectivity index (χ4v) is 3.05. The predicted molar refractivity (Wildman–Crippen MR) is 98.6 cm³/mol. The number of carbonyl (C=O) groups is 2. The van der Waals surface area contributed by atoms with E-state index in [4.69, 9.17) is 11.6 Å². The Hall–Kier alpha value is -1.93. The van der Waals surface area contributed by atoms with E-state index >= 15 is 0 Å². The van der Waals surface area contributed by atoms with Gasteiger partial charge in [0.25, 0.3) is 11.8 Å². The van der Waals surface area contributed by atoms with Crippen molar-refractivity contribution in [1.82, 2.24) is 21.7 Å². The molecule has 6 nitrogen and oxygen atoms in total. The average molecular weight is 424 g/mol. The van der Waals surface area contributed by atoms with E-state index in [-0.39, 0.29) is 11.9 Å². The summed E-state index contributed by atoms with van der Waals surface area (Å²) in [5.74, 6) is -0.790. The lowest BCUT2D eigenvalue weighted by Gasteiger charge is -2.12. The highest BCUT2D eigenvalue weighted by Gasteiger charge is 2.30. The number of hydrogen-bond acceptors (Lipinski definition) is 4. The Labute approximate surface area is 158 Å². The van der Waals surface area contributed by atoms with Crippen molar-refractivity contribution in [3.8, 4) is 0 Å². The first-order valence-corrected chi connectivity index (χ1v) is 8.83. The van der Waals surface area contributed by atoms with Crippen molar-refractivity contribution in [2.24, 2.45) is 0 Å². The molecule has 1 saturated heterocycles. The molecule has 4 N–H and O–H groups in total. The summed E-state index contributed by atoms with van der Waals surface area (Å²) in [6, 6.07) is 14.1. The van der Waals surface area contributed by atoms with Gasteiger partial charge < -0.3 is 0 Å². The van der Waals surface area contributed by atoms with Crippen LogP contribution in [0.25, 0.3) is 0 Å². The maximum Gasteiger partial charge on any atom is 0.271 e. The van der Waals surface area contributed by atoms with Crippen molar-refractivity contribution >= 4 is 39.3 Å². The molecule has 0 spiro atoms. The molecule has 2 aromatic rings. The van der Waals surface area contributed by atoms with Crippen molar-refractivity contribution in [3.63, 3.8) is 0 Å². The first kappa shape index (κ1) is 17.9. The van der Waals surface area contributed by atoms with Crippen LogP contribution in [0.2, 0.25) is 5.02 Å². The van der Waals surface area contributed by atoms with Crippen molar-refractivity contribution in [1.29, 1.82) is 0 Å². The summed E-state index contributed by atoms with van der Waals surface area (Å²) in [6.07, 6.45) is 0.565. The molecule has 8 heteroatoms. The molecular weight excluding hydrogens is 408 g/mol. The third-order valence-corrected chi connectivity index (χ3v) is 4.77. The van der Waals surface area contributed by atoms with E-state index in [0.29, 0.717) is 17.0 Å². The third-order valence-electron chi connectivity index (χ3n) is 3.91. The molecule has 25 heavy (non-hydrogen) atoms. The van der Waals surface area contributed by atoms with E-state index in [0.717, 1.165) is 10.0 Å².